The molecule has 0 saturated heterocycles. The van der Waals surface area contributed by atoms with E-state index in [9.17, 15) is 0 Å². The molecule has 1 aliphatic rings. The molecule has 0 aliphatic carbocycles. The second-order valence-electron chi connectivity index (χ2n) is 3.03. The Kier molecular flexibility index (Phi) is 3.11. The van der Waals surface area contributed by atoms with Gasteiger partial charge >= 0.3 is 0 Å². The number of halogens is 1. The highest BCUT2D eigenvalue weighted by Crippen LogP contribution is 2.31. The van der Waals surface area contributed by atoms with Crippen LogP contribution in [0.1, 0.15) is 5.56 Å². The van der Waals surface area contributed by atoms with Gasteiger partial charge in [0, 0.05) is 17.2 Å². The number of aliphatic hydroxyl groups excluding tert-OH is 1. The molecule has 1 aromatic carbocycles. The van der Waals surface area contributed by atoms with E-state index in [-0.39, 0.29) is 6.61 Å². The van der Waals surface area contributed by atoms with E-state index < -0.39 is 0 Å². The molecule has 0 fully saturated rings. The summed E-state index contributed by atoms with van der Waals surface area (Å²) in [5.74, 6) is 0.709. The Labute approximate surface area is 92.0 Å². The monoisotopic (exact) mass is 227 g/mol. The average Bonchev–Trinajstić information content (AvgIpc) is 2.56. The van der Waals surface area contributed by atoms with E-state index in [0.717, 1.165) is 22.2 Å². The maximum Gasteiger partial charge on any atom is 0.0784 e. The molecule has 1 N–H and O–H groups in total. The third kappa shape index (κ3) is 2.11. The normalized spacial score (nSPS) is 14.0. The van der Waals surface area contributed by atoms with E-state index >= 15 is 0 Å². The summed E-state index contributed by atoms with van der Waals surface area (Å²) in [4.78, 5) is 4.44. The summed E-state index contributed by atoms with van der Waals surface area (Å²) in [5.41, 5.74) is 2.19. The number of fused-ring (bicyclic) bond motifs is 1. The second kappa shape index (κ2) is 4.34. The zero-order chi connectivity index (χ0) is 9.97. The van der Waals surface area contributed by atoms with Gasteiger partial charge in [-0.3, -0.25) is 0 Å². The molecule has 1 aliphatic heterocycles. The molecular weight excluding hydrogens is 218 g/mol. The van der Waals surface area contributed by atoms with Crippen LogP contribution in [0.2, 0.25) is 5.02 Å². The van der Waals surface area contributed by atoms with E-state index in [2.05, 4.69) is 4.99 Å². The topological polar surface area (TPSA) is 32.6 Å². The third-order valence-electron chi connectivity index (χ3n) is 1.99. The Morgan fingerprint density at radius 3 is 3.14 bits per heavy atom. The first-order valence-electron chi connectivity index (χ1n) is 4.39. The number of benzene rings is 1. The van der Waals surface area contributed by atoms with Crippen molar-refractivity contribution >= 4 is 34.1 Å². The lowest BCUT2D eigenvalue weighted by molar-refractivity contribution is 0.323. The van der Waals surface area contributed by atoms with Gasteiger partial charge in [-0.15, -0.1) is 11.8 Å². The summed E-state index contributed by atoms with van der Waals surface area (Å²) in [5, 5.41) is 10.5. The molecule has 14 heavy (non-hydrogen) atoms. The SMILES string of the molecule is OCCSC1=Nc2ccc(Cl)cc2C1. The van der Waals surface area contributed by atoms with E-state index in [1.54, 1.807) is 11.8 Å². The number of nitrogens with zero attached hydrogens (tertiary/aromatic N) is 1. The van der Waals surface area contributed by atoms with Crippen LogP contribution in [0.4, 0.5) is 5.69 Å². The zero-order valence-corrected chi connectivity index (χ0v) is 9.11. The van der Waals surface area contributed by atoms with Gasteiger partial charge in [0.1, 0.15) is 0 Å². The molecule has 0 saturated carbocycles. The van der Waals surface area contributed by atoms with Crippen molar-refractivity contribution in [3.8, 4) is 0 Å². The maximum atomic E-state index is 8.69. The molecule has 0 spiro atoms. The lowest BCUT2D eigenvalue weighted by atomic mass is 10.2. The molecule has 0 aromatic heterocycles. The molecule has 1 heterocycles. The fourth-order valence-electron chi connectivity index (χ4n) is 1.39. The quantitative estimate of drug-likeness (QED) is 0.843. The minimum Gasteiger partial charge on any atom is -0.396 e. The Morgan fingerprint density at radius 2 is 2.36 bits per heavy atom. The number of aliphatic hydroxyl groups is 1. The minimum atomic E-state index is 0.195. The molecule has 0 atom stereocenters. The van der Waals surface area contributed by atoms with Gasteiger partial charge in [0.05, 0.1) is 17.3 Å². The van der Waals surface area contributed by atoms with Crippen LogP contribution in [0.25, 0.3) is 0 Å². The van der Waals surface area contributed by atoms with Crippen molar-refractivity contribution < 1.29 is 5.11 Å². The Morgan fingerprint density at radius 1 is 1.50 bits per heavy atom. The zero-order valence-electron chi connectivity index (χ0n) is 7.53. The number of rotatable bonds is 2. The van der Waals surface area contributed by atoms with E-state index in [1.807, 2.05) is 18.2 Å². The van der Waals surface area contributed by atoms with Crippen molar-refractivity contribution in [1.82, 2.24) is 0 Å². The molecule has 4 heteroatoms. The predicted octanol–water partition coefficient (Wildman–Crippen LogP) is 2.65. The van der Waals surface area contributed by atoms with Gasteiger partial charge in [-0.25, -0.2) is 4.99 Å². The van der Waals surface area contributed by atoms with E-state index in [1.165, 1.54) is 5.56 Å². The highest BCUT2D eigenvalue weighted by atomic mass is 35.5. The number of thioether (sulfide) groups is 1. The van der Waals surface area contributed by atoms with Crippen molar-refractivity contribution in [1.29, 1.82) is 0 Å². The number of hydrogen-bond donors (Lipinski definition) is 1. The third-order valence-corrected chi connectivity index (χ3v) is 3.18. The number of hydrogen-bond acceptors (Lipinski definition) is 3. The van der Waals surface area contributed by atoms with Gasteiger partial charge in [0.2, 0.25) is 0 Å². The summed E-state index contributed by atoms with van der Waals surface area (Å²) in [6.45, 7) is 0.195. The molecule has 2 rings (SSSR count). The molecule has 0 unspecified atom stereocenters. The smallest absolute Gasteiger partial charge is 0.0784 e. The van der Waals surface area contributed by atoms with Crippen LogP contribution in [0.3, 0.4) is 0 Å². The molecule has 0 bridgehead atoms. The summed E-state index contributed by atoms with van der Waals surface area (Å²) in [6, 6.07) is 5.74. The van der Waals surface area contributed by atoms with Crippen molar-refractivity contribution in [2.45, 2.75) is 6.42 Å². The highest BCUT2D eigenvalue weighted by molar-refractivity contribution is 8.14. The van der Waals surface area contributed by atoms with Gasteiger partial charge in [0.25, 0.3) is 0 Å². The molecule has 1 aromatic rings. The van der Waals surface area contributed by atoms with Crippen LogP contribution in [0.15, 0.2) is 23.2 Å². The van der Waals surface area contributed by atoms with Crippen LogP contribution in [-0.2, 0) is 6.42 Å². The molecule has 0 amide bonds. The molecule has 74 valence electrons. The second-order valence-corrected chi connectivity index (χ2v) is 4.63. The fourth-order valence-corrected chi connectivity index (χ4v) is 2.33. The van der Waals surface area contributed by atoms with Crippen LogP contribution in [-0.4, -0.2) is 22.5 Å². The highest BCUT2D eigenvalue weighted by Gasteiger charge is 2.14. The molecule has 0 radical (unpaired) electrons. The number of aliphatic imine (C=N–C) groups is 1. The largest absolute Gasteiger partial charge is 0.396 e. The Hall–Kier alpha value is -0.510. The summed E-state index contributed by atoms with van der Waals surface area (Å²) < 4.78 is 0. The van der Waals surface area contributed by atoms with Gasteiger partial charge in [-0.05, 0) is 23.8 Å². The van der Waals surface area contributed by atoms with Crippen LogP contribution < -0.4 is 0 Å². The molecule has 2 nitrogen and oxygen atoms in total. The Bertz CT molecular complexity index is 378. The first-order chi connectivity index (χ1) is 6.79. The fraction of sp³-hybridized carbons (Fsp3) is 0.300. The van der Waals surface area contributed by atoms with E-state index in [4.69, 9.17) is 16.7 Å². The van der Waals surface area contributed by atoms with Crippen molar-refractivity contribution in [2.75, 3.05) is 12.4 Å². The van der Waals surface area contributed by atoms with Crippen molar-refractivity contribution in [3.05, 3.63) is 28.8 Å². The van der Waals surface area contributed by atoms with Gasteiger partial charge in [0.15, 0.2) is 0 Å². The van der Waals surface area contributed by atoms with E-state index in [0.29, 0.717) is 5.75 Å². The van der Waals surface area contributed by atoms with Crippen molar-refractivity contribution in [2.24, 2.45) is 4.99 Å². The first-order valence-corrected chi connectivity index (χ1v) is 5.75. The van der Waals surface area contributed by atoms with Crippen LogP contribution in [0, 0.1) is 0 Å². The van der Waals surface area contributed by atoms with Crippen LogP contribution in [0.5, 0.6) is 0 Å². The lowest BCUT2D eigenvalue weighted by Gasteiger charge is -1.97. The minimum absolute atomic E-state index is 0.195. The van der Waals surface area contributed by atoms with Crippen molar-refractivity contribution in [3.63, 3.8) is 0 Å². The summed E-state index contributed by atoms with van der Waals surface area (Å²) >= 11 is 7.48. The Balaban J connectivity index is 2.12. The maximum absolute atomic E-state index is 8.69. The summed E-state index contributed by atoms with van der Waals surface area (Å²) in [7, 11) is 0. The van der Waals surface area contributed by atoms with Crippen LogP contribution >= 0.6 is 23.4 Å². The van der Waals surface area contributed by atoms with Gasteiger partial charge < -0.3 is 5.11 Å². The van der Waals surface area contributed by atoms with Gasteiger partial charge in [-0.2, -0.15) is 0 Å². The average molecular weight is 228 g/mol. The predicted molar refractivity (Wildman–Crippen MR) is 61.8 cm³/mol. The standard InChI is InChI=1S/C10H10ClNOS/c11-8-1-2-9-7(5-8)6-10(12-9)14-4-3-13/h1-2,5,13H,3-4,6H2. The summed E-state index contributed by atoms with van der Waals surface area (Å²) in [6.07, 6.45) is 0.848. The first kappa shape index (κ1) is 10.0. The van der Waals surface area contributed by atoms with Gasteiger partial charge in [-0.1, -0.05) is 11.6 Å². The lowest BCUT2D eigenvalue weighted by Crippen LogP contribution is -1.95. The molecular formula is C10H10ClNOS.